The van der Waals surface area contributed by atoms with Crippen molar-refractivity contribution in [2.75, 3.05) is 26.2 Å². The molecule has 3 rings (SSSR count). The van der Waals surface area contributed by atoms with Gasteiger partial charge in [-0.3, -0.25) is 4.90 Å². The number of hydrogen-bond donors (Lipinski definition) is 1. The van der Waals surface area contributed by atoms with Crippen molar-refractivity contribution in [3.05, 3.63) is 63.4 Å². The van der Waals surface area contributed by atoms with E-state index >= 15 is 0 Å². The second-order valence-corrected chi connectivity index (χ2v) is 6.88. The molecule has 2 aromatic rings. The molecule has 0 saturated carbocycles. The summed E-state index contributed by atoms with van der Waals surface area (Å²) in [5.74, 6) is -0.980. The molecule has 2 aromatic carbocycles. The largest absolute Gasteiger partial charge is 0.573 e. The van der Waals surface area contributed by atoms with Crippen molar-refractivity contribution in [2.24, 2.45) is 0 Å². The molecule has 0 radical (unpaired) electrons. The topological polar surface area (TPSA) is 24.5 Å². The van der Waals surface area contributed by atoms with Gasteiger partial charge in [0.2, 0.25) is 0 Å². The summed E-state index contributed by atoms with van der Waals surface area (Å²) in [6, 6.07) is 7.66. The zero-order chi connectivity index (χ0) is 19.6. The monoisotopic (exact) mass is 494 g/mol. The third kappa shape index (κ3) is 6.51. The average Bonchev–Trinajstić information content (AvgIpc) is 2.62. The highest BCUT2D eigenvalue weighted by Crippen LogP contribution is 2.38. The number of alkyl halides is 3. The minimum Gasteiger partial charge on any atom is -0.406 e. The van der Waals surface area contributed by atoms with E-state index in [0.29, 0.717) is 31.7 Å². The number of halogens is 8. The molecule has 1 fully saturated rings. The van der Waals surface area contributed by atoms with Gasteiger partial charge in [-0.05, 0) is 29.8 Å². The molecule has 1 aliphatic heterocycles. The van der Waals surface area contributed by atoms with E-state index in [2.05, 4.69) is 10.1 Å². The van der Waals surface area contributed by atoms with Crippen molar-refractivity contribution in [1.29, 1.82) is 0 Å². The third-order valence-electron chi connectivity index (χ3n) is 4.30. The first-order valence-electron chi connectivity index (χ1n) is 8.20. The van der Waals surface area contributed by atoms with Crippen molar-refractivity contribution < 1.29 is 22.3 Å². The van der Waals surface area contributed by atoms with Gasteiger partial charge in [0.05, 0.1) is 11.1 Å². The Balaban J connectivity index is 0.00000210. The highest BCUT2D eigenvalue weighted by atomic mass is 35.5. The second-order valence-electron chi connectivity index (χ2n) is 6.06. The highest BCUT2D eigenvalue weighted by molar-refractivity contribution is 6.33. The predicted molar refractivity (Wildman–Crippen MR) is 110 cm³/mol. The summed E-state index contributed by atoms with van der Waals surface area (Å²) in [6.45, 7) is 2.64. The van der Waals surface area contributed by atoms with Gasteiger partial charge in [0, 0.05) is 36.8 Å². The molecule has 0 unspecified atom stereocenters. The molecular formula is C18H18Cl4F4N2O. The first kappa shape index (κ1) is 26.1. The highest BCUT2D eigenvalue weighted by Gasteiger charge is 2.32. The number of ether oxygens (including phenoxy) is 1. The molecule has 1 N–H and O–H groups in total. The lowest BCUT2D eigenvalue weighted by Crippen LogP contribution is -2.45. The van der Waals surface area contributed by atoms with E-state index in [1.54, 1.807) is 0 Å². The van der Waals surface area contributed by atoms with E-state index in [4.69, 9.17) is 23.2 Å². The minimum atomic E-state index is -4.78. The normalized spacial score (nSPS) is 15.8. The lowest BCUT2D eigenvalue weighted by molar-refractivity contribution is -0.274. The van der Waals surface area contributed by atoms with Crippen LogP contribution in [0.5, 0.6) is 5.75 Å². The number of nitrogens with zero attached hydrogens (tertiary/aromatic N) is 1. The van der Waals surface area contributed by atoms with E-state index in [-0.39, 0.29) is 46.2 Å². The van der Waals surface area contributed by atoms with Gasteiger partial charge >= 0.3 is 6.36 Å². The smallest absolute Gasteiger partial charge is 0.406 e. The van der Waals surface area contributed by atoms with Crippen LogP contribution in [-0.4, -0.2) is 37.4 Å². The minimum absolute atomic E-state index is 0. The van der Waals surface area contributed by atoms with E-state index < -0.39 is 18.2 Å². The first-order chi connectivity index (χ1) is 12.8. The Hall–Kier alpha value is -0.960. The van der Waals surface area contributed by atoms with Crippen molar-refractivity contribution in [3.8, 4) is 5.75 Å². The van der Waals surface area contributed by atoms with Gasteiger partial charge in [0.25, 0.3) is 0 Å². The zero-order valence-corrected chi connectivity index (χ0v) is 18.0. The van der Waals surface area contributed by atoms with Crippen LogP contribution in [0.2, 0.25) is 10.0 Å². The van der Waals surface area contributed by atoms with Crippen molar-refractivity contribution in [1.82, 2.24) is 10.2 Å². The second kappa shape index (κ2) is 10.9. The van der Waals surface area contributed by atoms with E-state index in [1.165, 1.54) is 36.4 Å². The Kier molecular flexibility index (Phi) is 9.79. The Morgan fingerprint density at radius 1 is 0.931 bits per heavy atom. The van der Waals surface area contributed by atoms with Gasteiger partial charge in [0.1, 0.15) is 11.6 Å². The Morgan fingerprint density at radius 2 is 1.48 bits per heavy atom. The van der Waals surface area contributed by atoms with Gasteiger partial charge < -0.3 is 10.1 Å². The third-order valence-corrected chi connectivity index (χ3v) is 4.92. The van der Waals surface area contributed by atoms with E-state index in [1.807, 2.05) is 4.90 Å². The Bertz CT molecular complexity index is 800. The summed E-state index contributed by atoms with van der Waals surface area (Å²) < 4.78 is 55.9. The molecule has 1 aliphatic rings. The van der Waals surface area contributed by atoms with Crippen LogP contribution >= 0.6 is 48.0 Å². The molecule has 0 spiro atoms. The maximum absolute atomic E-state index is 14.8. The van der Waals surface area contributed by atoms with Crippen LogP contribution in [0.1, 0.15) is 17.2 Å². The predicted octanol–water partition coefficient (Wildman–Crippen LogP) is 5.87. The molecular weight excluding hydrogens is 478 g/mol. The molecule has 1 heterocycles. The molecule has 0 bridgehead atoms. The average molecular weight is 496 g/mol. The summed E-state index contributed by atoms with van der Waals surface area (Å²) in [6.07, 6.45) is -4.78. The van der Waals surface area contributed by atoms with Crippen molar-refractivity contribution in [2.45, 2.75) is 12.4 Å². The van der Waals surface area contributed by atoms with Crippen LogP contribution in [0, 0.1) is 5.82 Å². The molecule has 11 heteroatoms. The number of piperazine rings is 1. The van der Waals surface area contributed by atoms with Crippen LogP contribution in [-0.2, 0) is 0 Å². The summed E-state index contributed by atoms with van der Waals surface area (Å²) in [4.78, 5) is 2.01. The lowest BCUT2D eigenvalue weighted by atomic mass is 9.95. The molecule has 162 valence electrons. The molecule has 1 saturated heterocycles. The molecule has 1 atom stereocenters. The van der Waals surface area contributed by atoms with Crippen LogP contribution in [0.25, 0.3) is 0 Å². The molecule has 3 nitrogen and oxygen atoms in total. The molecule has 29 heavy (non-hydrogen) atoms. The van der Waals surface area contributed by atoms with Gasteiger partial charge in [-0.25, -0.2) is 4.39 Å². The maximum Gasteiger partial charge on any atom is 0.573 e. The van der Waals surface area contributed by atoms with Crippen molar-refractivity contribution >= 4 is 48.0 Å². The number of hydrogen-bond acceptors (Lipinski definition) is 3. The number of rotatable bonds is 4. The van der Waals surface area contributed by atoms with Gasteiger partial charge in [0.15, 0.2) is 0 Å². The van der Waals surface area contributed by atoms with Gasteiger partial charge in [-0.15, -0.1) is 38.0 Å². The van der Waals surface area contributed by atoms with Crippen LogP contribution in [0.4, 0.5) is 17.6 Å². The fourth-order valence-corrected chi connectivity index (χ4v) is 3.56. The summed E-state index contributed by atoms with van der Waals surface area (Å²) in [5, 5.41) is 3.35. The summed E-state index contributed by atoms with van der Waals surface area (Å²) in [7, 11) is 0. The van der Waals surface area contributed by atoms with Crippen LogP contribution in [0.15, 0.2) is 36.4 Å². The van der Waals surface area contributed by atoms with Crippen LogP contribution in [0.3, 0.4) is 0 Å². The summed E-state index contributed by atoms with van der Waals surface area (Å²) >= 11 is 12.2. The quantitative estimate of drug-likeness (QED) is 0.424. The standard InChI is InChI=1S/C18H16Cl2F4N2O.2ClH/c19-13-5-6-14(20)16(21)15(13)17(26-9-7-25-8-10-26)11-1-3-12(4-2-11)27-18(22,23)24;;/h1-6,17,25H,7-10H2;2*1H/t17-;;/m1../s1. The van der Waals surface area contributed by atoms with E-state index in [9.17, 15) is 17.6 Å². The number of nitrogens with one attached hydrogen (secondary N) is 1. The Morgan fingerprint density at radius 3 is 2.03 bits per heavy atom. The molecule has 0 amide bonds. The van der Waals surface area contributed by atoms with Crippen LogP contribution < -0.4 is 10.1 Å². The molecule has 0 aliphatic carbocycles. The Labute approximate surface area is 188 Å². The fraction of sp³-hybridized carbons (Fsp3) is 0.333. The zero-order valence-electron chi connectivity index (χ0n) is 14.8. The fourth-order valence-electron chi connectivity index (χ4n) is 3.15. The van der Waals surface area contributed by atoms with Gasteiger partial charge in [-0.2, -0.15) is 0 Å². The van der Waals surface area contributed by atoms with Crippen molar-refractivity contribution in [3.63, 3.8) is 0 Å². The first-order valence-corrected chi connectivity index (χ1v) is 8.96. The number of benzene rings is 2. The van der Waals surface area contributed by atoms with E-state index in [0.717, 1.165) is 0 Å². The SMILES string of the molecule is Cl.Cl.Fc1c(Cl)ccc(Cl)c1[C@@H](c1ccc(OC(F)(F)F)cc1)N1CCNCC1. The van der Waals surface area contributed by atoms with Gasteiger partial charge in [-0.1, -0.05) is 35.3 Å². The molecule has 0 aromatic heterocycles. The lowest BCUT2D eigenvalue weighted by Gasteiger charge is -2.36. The maximum atomic E-state index is 14.8. The summed E-state index contributed by atoms with van der Waals surface area (Å²) in [5.41, 5.74) is 0.796.